The van der Waals surface area contributed by atoms with Gasteiger partial charge in [-0.1, -0.05) is 60.7 Å². The Morgan fingerprint density at radius 2 is 1.62 bits per heavy atom. The van der Waals surface area contributed by atoms with Crippen LogP contribution in [0, 0.1) is 0 Å². The molecule has 0 aromatic heterocycles. The number of carbonyl (C=O) groups is 1. The zero-order valence-corrected chi connectivity index (χ0v) is 19.9. The minimum absolute atomic E-state index is 0.278. The summed E-state index contributed by atoms with van der Waals surface area (Å²) in [6.07, 6.45) is 1.45. The highest BCUT2D eigenvalue weighted by molar-refractivity contribution is 7.89. The molecule has 178 valence electrons. The molecule has 2 amide bonds. The predicted molar refractivity (Wildman–Crippen MR) is 133 cm³/mol. The summed E-state index contributed by atoms with van der Waals surface area (Å²) in [5.41, 5.74) is 1.01. The standard InChI is InChI=1S/C26H29N3O4S/c1-33-24-16-9-8-15-23(24)28-25(30)27-19-26(21-11-4-2-5-12-21)17-10-18-29(20-26)34(31,32)22-13-6-3-7-14-22/h2-9,11-16H,10,17-20H2,1H3,(H2,27,28,30). The molecule has 0 saturated carbocycles. The number of urea groups is 1. The van der Waals surface area contributed by atoms with Crippen molar-refractivity contribution in [1.29, 1.82) is 0 Å². The number of benzene rings is 3. The third-order valence-electron chi connectivity index (χ3n) is 6.25. The minimum atomic E-state index is -3.65. The molecule has 1 heterocycles. The fourth-order valence-electron chi connectivity index (χ4n) is 4.47. The molecule has 8 heteroatoms. The Bertz CT molecular complexity index is 1220. The molecule has 1 saturated heterocycles. The Morgan fingerprint density at radius 1 is 0.971 bits per heavy atom. The summed E-state index contributed by atoms with van der Waals surface area (Å²) in [7, 11) is -2.10. The van der Waals surface area contributed by atoms with Gasteiger partial charge in [0.15, 0.2) is 0 Å². The number of hydrogen-bond acceptors (Lipinski definition) is 4. The van der Waals surface area contributed by atoms with Crippen molar-refractivity contribution in [3.8, 4) is 5.75 Å². The zero-order chi connectivity index (χ0) is 24.0. The molecule has 2 N–H and O–H groups in total. The summed E-state index contributed by atoms with van der Waals surface area (Å²) in [4.78, 5) is 13.1. The molecule has 3 aromatic carbocycles. The van der Waals surface area contributed by atoms with Crippen molar-refractivity contribution < 1.29 is 17.9 Å². The van der Waals surface area contributed by atoms with E-state index in [0.717, 1.165) is 12.0 Å². The molecule has 1 atom stereocenters. The highest BCUT2D eigenvalue weighted by Gasteiger charge is 2.41. The van der Waals surface area contributed by atoms with Crippen LogP contribution >= 0.6 is 0 Å². The van der Waals surface area contributed by atoms with E-state index >= 15 is 0 Å². The van der Waals surface area contributed by atoms with Crippen molar-refractivity contribution in [3.05, 3.63) is 90.5 Å². The van der Waals surface area contributed by atoms with Gasteiger partial charge in [-0.15, -0.1) is 0 Å². The van der Waals surface area contributed by atoms with Crippen LogP contribution in [0.1, 0.15) is 18.4 Å². The van der Waals surface area contributed by atoms with Crippen LogP contribution in [-0.2, 0) is 15.4 Å². The van der Waals surface area contributed by atoms with E-state index in [2.05, 4.69) is 10.6 Å². The van der Waals surface area contributed by atoms with Crippen LogP contribution in [0.15, 0.2) is 89.8 Å². The first-order valence-corrected chi connectivity index (χ1v) is 12.7. The molecule has 34 heavy (non-hydrogen) atoms. The van der Waals surface area contributed by atoms with E-state index in [0.29, 0.717) is 30.9 Å². The van der Waals surface area contributed by atoms with Gasteiger partial charge in [0.05, 0.1) is 17.7 Å². The van der Waals surface area contributed by atoms with Gasteiger partial charge >= 0.3 is 6.03 Å². The summed E-state index contributed by atoms with van der Waals surface area (Å²) in [5, 5.41) is 5.81. The number of amides is 2. The quantitative estimate of drug-likeness (QED) is 0.531. The summed E-state index contributed by atoms with van der Waals surface area (Å²) < 4.78 is 33.6. The van der Waals surface area contributed by atoms with E-state index in [1.165, 1.54) is 0 Å². The SMILES string of the molecule is COc1ccccc1NC(=O)NCC1(c2ccccc2)CCCN(S(=O)(=O)c2ccccc2)C1. The smallest absolute Gasteiger partial charge is 0.319 e. The summed E-state index contributed by atoms with van der Waals surface area (Å²) in [5.74, 6) is 0.563. The monoisotopic (exact) mass is 479 g/mol. The Balaban J connectivity index is 1.57. The summed E-state index contributed by atoms with van der Waals surface area (Å²) >= 11 is 0. The second-order valence-electron chi connectivity index (χ2n) is 8.41. The number of para-hydroxylation sites is 2. The number of rotatable bonds is 7. The number of anilines is 1. The topological polar surface area (TPSA) is 87.7 Å². The number of nitrogens with zero attached hydrogens (tertiary/aromatic N) is 1. The molecule has 0 radical (unpaired) electrons. The first kappa shape index (κ1) is 23.8. The first-order valence-electron chi connectivity index (χ1n) is 11.2. The lowest BCUT2D eigenvalue weighted by molar-refractivity contribution is 0.213. The lowest BCUT2D eigenvalue weighted by Gasteiger charge is -2.42. The number of ether oxygens (including phenoxy) is 1. The van der Waals surface area contributed by atoms with Crippen molar-refractivity contribution >= 4 is 21.7 Å². The molecular formula is C26H29N3O4S. The van der Waals surface area contributed by atoms with Gasteiger partial charge < -0.3 is 15.4 Å². The molecule has 0 bridgehead atoms. The van der Waals surface area contributed by atoms with E-state index in [9.17, 15) is 13.2 Å². The van der Waals surface area contributed by atoms with Crippen molar-refractivity contribution in [2.75, 3.05) is 32.1 Å². The van der Waals surface area contributed by atoms with Crippen LogP contribution in [0.4, 0.5) is 10.5 Å². The summed E-state index contributed by atoms with van der Waals surface area (Å²) in [6.45, 7) is 1.02. The Morgan fingerprint density at radius 3 is 2.32 bits per heavy atom. The van der Waals surface area contributed by atoms with Gasteiger partial charge in [0.1, 0.15) is 5.75 Å². The molecular weight excluding hydrogens is 450 g/mol. The maximum absolute atomic E-state index is 13.4. The fourth-order valence-corrected chi connectivity index (χ4v) is 6.06. The molecule has 1 fully saturated rings. The average molecular weight is 480 g/mol. The zero-order valence-electron chi connectivity index (χ0n) is 19.1. The Labute approximate surface area is 200 Å². The summed E-state index contributed by atoms with van der Waals surface area (Å²) in [6, 6.07) is 25.1. The lowest BCUT2D eigenvalue weighted by Crippen LogP contribution is -2.54. The number of hydrogen-bond donors (Lipinski definition) is 2. The average Bonchev–Trinajstić information content (AvgIpc) is 2.89. The number of carbonyl (C=O) groups excluding carboxylic acids is 1. The first-order chi connectivity index (χ1) is 16.4. The van der Waals surface area contributed by atoms with Crippen LogP contribution < -0.4 is 15.4 Å². The van der Waals surface area contributed by atoms with Gasteiger partial charge in [0.25, 0.3) is 0 Å². The number of piperidine rings is 1. The van der Waals surface area contributed by atoms with Crippen LogP contribution in [0.5, 0.6) is 5.75 Å². The normalized spacial score (nSPS) is 18.7. The van der Waals surface area contributed by atoms with E-state index < -0.39 is 15.4 Å². The van der Waals surface area contributed by atoms with Gasteiger partial charge in [-0.05, 0) is 42.7 Å². The van der Waals surface area contributed by atoms with Crippen LogP contribution in [0.2, 0.25) is 0 Å². The number of sulfonamides is 1. The molecule has 4 rings (SSSR count). The van der Waals surface area contributed by atoms with E-state index in [-0.39, 0.29) is 17.5 Å². The maximum Gasteiger partial charge on any atom is 0.319 e. The van der Waals surface area contributed by atoms with Gasteiger partial charge in [-0.25, -0.2) is 13.2 Å². The maximum atomic E-state index is 13.4. The lowest BCUT2D eigenvalue weighted by atomic mass is 9.74. The van der Waals surface area contributed by atoms with Crippen molar-refractivity contribution in [2.24, 2.45) is 0 Å². The highest BCUT2D eigenvalue weighted by Crippen LogP contribution is 2.36. The third kappa shape index (κ3) is 5.08. The Hall–Kier alpha value is -3.36. The van der Waals surface area contributed by atoms with Gasteiger partial charge in [-0.3, -0.25) is 0 Å². The third-order valence-corrected chi connectivity index (χ3v) is 8.11. The van der Waals surface area contributed by atoms with E-state index in [1.807, 2.05) is 42.5 Å². The molecule has 7 nitrogen and oxygen atoms in total. The predicted octanol–water partition coefficient (Wildman–Crippen LogP) is 4.24. The highest BCUT2D eigenvalue weighted by atomic mass is 32.2. The minimum Gasteiger partial charge on any atom is -0.495 e. The number of nitrogens with one attached hydrogen (secondary N) is 2. The van der Waals surface area contributed by atoms with Crippen molar-refractivity contribution in [1.82, 2.24) is 9.62 Å². The second-order valence-corrected chi connectivity index (χ2v) is 10.3. The van der Waals surface area contributed by atoms with Crippen LogP contribution in [0.25, 0.3) is 0 Å². The van der Waals surface area contributed by atoms with Gasteiger partial charge in [-0.2, -0.15) is 4.31 Å². The van der Waals surface area contributed by atoms with Crippen LogP contribution in [-0.4, -0.2) is 45.5 Å². The van der Waals surface area contributed by atoms with Gasteiger partial charge in [0.2, 0.25) is 10.0 Å². The van der Waals surface area contributed by atoms with Crippen molar-refractivity contribution in [3.63, 3.8) is 0 Å². The molecule has 1 unspecified atom stereocenters. The molecule has 1 aliphatic rings. The van der Waals surface area contributed by atoms with Crippen LogP contribution in [0.3, 0.4) is 0 Å². The number of methoxy groups -OCH3 is 1. The van der Waals surface area contributed by atoms with E-state index in [1.54, 1.807) is 53.9 Å². The fraction of sp³-hybridized carbons (Fsp3) is 0.269. The molecule has 3 aromatic rings. The second kappa shape index (κ2) is 10.3. The Kier molecular flexibility index (Phi) is 7.19. The molecule has 1 aliphatic heterocycles. The molecule has 0 aliphatic carbocycles. The van der Waals surface area contributed by atoms with Gasteiger partial charge in [0, 0.05) is 25.0 Å². The van der Waals surface area contributed by atoms with E-state index in [4.69, 9.17) is 4.74 Å². The molecule has 0 spiro atoms. The van der Waals surface area contributed by atoms with Crippen molar-refractivity contribution in [2.45, 2.75) is 23.2 Å². The largest absolute Gasteiger partial charge is 0.495 e.